The molecule has 132 valence electrons. The van der Waals surface area contributed by atoms with Crippen LogP contribution in [-0.4, -0.2) is 49.2 Å². The molecule has 0 spiro atoms. The molecule has 0 aliphatic carbocycles. The molecule has 0 saturated heterocycles. The van der Waals surface area contributed by atoms with Gasteiger partial charge in [0.15, 0.2) is 5.97 Å². The first-order chi connectivity index (χ1) is 10.2. The number of hydrogen-bond acceptors (Lipinski definition) is 3. The summed E-state index contributed by atoms with van der Waals surface area (Å²) in [6, 6.07) is 0. The predicted molar refractivity (Wildman–Crippen MR) is 87.4 cm³/mol. The lowest BCUT2D eigenvalue weighted by Crippen LogP contribution is -2.35. The Labute approximate surface area is 135 Å². The lowest BCUT2D eigenvalue weighted by molar-refractivity contribution is -0.870. The fraction of sp³-hybridized carbons (Fsp3) is 0.882. The summed E-state index contributed by atoms with van der Waals surface area (Å²) in [5, 5.41) is 16.3. The van der Waals surface area contributed by atoms with Gasteiger partial charge in [-0.05, 0) is 12.8 Å². The number of aliphatic carboxylic acids is 2. The number of carbonyl (C=O) groups excluding carboxylic acids is 1. The monoisotopic (exact) mass is 317 g/mol. The molecule has 0 radical (unpaired) electrons. The van der Waals surface area contributed by atoms with E-state index in [2.05, 4.69) is 28.1 Å². The minimum Gasteiger partial charge on any atom is -0.539 e. The molecule has 0 aromatic carbocycles. The second-order valence-corrected chi connectivity index (χ2v) is 6.79. The maximum atomic E-state index is 9.04. The first-order valence-corrected chi connectivity index (χ1v) is 8.45. The zero-order valence-corrected chi connectivity index (χ0v) is 14.9. The predicted octanol–water partition coefficient (Wildman–Crippen LogP) is 2.43. The Morgan fingerprint density at radius 2 is 1.14 bits per heavy atom. The Morgan fingerprint density at radius 1 is 0.818 bits per heavy atom. The van der Waals surface area contributed by atoms with Crippen LogP contribution < -0.4 is 5.11 Å². The Morgan fingerprint density at radius 3 is 1.41 bits per heavy atom. The van der Waals surface area contributed by atoms with Gasteiger partial charge in [-0.2, -0.15) is 0 Å². The second kappa shape index (κ2) is 14.8. The van der Waals surface area contributed by atoms with E-state index in [0.29, 0.717) is 0 Å². The maximum Gasteiger partial charge on any atom is 0.351 e. The van der Waals surface area contributed by atoms with Gasteiger partial charge >= 0.3 is 5.97 Å². The summed E-state index contributed by atoms with van der Waals surface area (Å²) in [4.78, 5) is 18.0. The van der Waals surface area contributed by atoms with Crippen LogP contribution in [0, 0.1) is 0 Å². The van der Waals surface area contributed by atoms with Crippen molar-refractivity contribution >= 4 is 11.9 Å². The van der Waals surface area contributed by atoms with Crippen molar-refractivity contribution < 1.29 is 24.3 Å². The summed E-state index contributed by atoms with van der Waals surface area (Å²) in [6.45, 7) is 3.62. The number of unbranched alkanes of at least 4 members (excludes halogenated alkanes) is 9. The number of quaternary nitrogens is 1. The van der Waals surface area contributed by atoms with Gasteiger partial charge in [0.2, 0.25) is 0 Å². The normalized spacial score (nSPS) is 10.7. The Kier molecular flexibility index (Phi) is 15.6. The molecule has 0 aromatic rings. The Balaban J connectivity index is 0. The highest BCUT2D eigenvalue weighted by atomic mass is 16.4. The summed E-state index contributed by atoms with van der Waals surface area (Å²) in [7, 11) is 6.86. The van der Waals surface area contributed by atoms with Crippen molar-refractivity contribution in [2.24, 2.45) is 0 Å². The standard InChI is InChI=1S/C15H34N.C2H2O4/c1-5-6-7-8-9-10-11-12-13-14-15-16(2,3)4;3-1(4)2(5)6/h5-15H2,1-4H3;(H,3,4)(H,5,6)/q+1;/p-1. The van der Waals surface area contributed by atoms with E-state index >= 15 is 0 Å². The third-order valence-corrected chi connectivity index (χ3v) is 3.36. The molecule has 0 bridgehead atoms. The van der Waals surface area contributed by atoms with E-state index in [4.69, 9.17) is 19.8 Å². The minimum absolute atomic E-state index is 1.12. The topological polar surface area (TPSA) is 77.4 Å². The van der Waals surface area contributed by atoms with Gasteiger partial charge in [0.05, 0.1) is 27.7 Å². The van der Waals surface area contributed by atoms with Crippen LogP contribution in [0.2, 0.25) is 0 Å². The molecule has 0 saturated carbocycles. The molecule has 5 heteroatoms. The molecule has 0 unspecified atom stereocenters. The van der Waals surface area contributed by atoms with Gasteiger partial charge in [0.25, 0.3) is 0 Å². The SMILES string of the molecule is CCCCCCCCCCCC[N+](C)(C)C.O=C([O-])C(=O)O. The lowest BCUT2D eigenvalue weighted by atomic mass is 10.1. The van der Waals surface area contributed by atoms with Gasteiger partial charge in [0.1, 0.15) is 0 Å². The van der Waals surface area contributed by atoms with Crippen molar-refractivity contribution in [3.8, 4) is 0 Å². The Bertz CT molecular complexity index is 273. The Hall–Kier alpha value is -1.10. The van der Waals surface area contributed by atoms with E-state index in [9.17, 15) is 0 Å². The maximum absolute atomic E-state index is 9.04. The first kappa shape index (κ1) is 23.2. The number of nitrogens with zero attached hydrogens (tertiary/aromatic N) is 1. The largest absolute Gasteiger partial charge is 0.539 e. The molecule has 22 heavy (non-hydrogen) atoms. The molecule has 0 fully saturated rings. The molecular formula is C17H35NO4. The average molecular weight is 317 g/mol. The van der Waals surface area contributed by atoms with Gasteiger partial charge < -0.3 is 19.5 Å². The van der Waals surface area contributed by atoms with Crippen LogP contribution in [0.5, 0.6) is 0 Å². The van der Waals surface area contributed by atoms with Crippen LogP contribution in [0.1, 0.15) is 71.1 Å². The van der Waals surface area contributed by atoms with Crippen LogP contribution in [0.3, 0.4) is 0 Å². The van der Waals surface area contributed by atoms with E-state index < -0.39 is 11.9 Å². The zero-order chi connectivity index (χ0) is 17.4. The fourth-order valence-corrected chi connectivity index (χ4v) is 2.07. The molecule has 0 aliphatic rings. The molecule has 0 heterocycles. The zero-order valence-electron chi connectivity index (χ0n) is 14.9. The van der Waals surface area contributed by atoms with E-state index in [-0.39, 0.29) is 0 Å². The number of carboxylic acid groups (broad SMARTS) is 2. The highest BCUT2D eigenvalue weighted by Crippen LogP contribution is 2.10. The quantitative estimate of drug-likeness (QED) is 0.361. The molecule has 0 aliphatic heterocycles. The van der Waals surface area contributed by atoms with Gasteiger partial charge in [-0.15, -0.1) is 0 Å². The van der Waals surface area contributed by atoms with Crippen LogP contribution >= 0.6 is 0 Å². The van der Waals surface area contributed by atoms with Crippen molar-refractivity contribution in [1.29, 1.82) is 0 Å². The van der Waals surface area contributed by atoms with Gasteiger partial charge in [0, 0.05) is 0 Å². The van der Waals surface area contributed by atoms with Gasteiger partial charge in [-0.1, -0.05) is 58.3 Å². The number of hydrogen-bond donors (Lipinski definition) is 1. The minimum atomic E-state index is -2.07. The van der Waals surface area contributed by atoms with Crippen LogP contribution in [0.15, 0.2) is 0 Å². The van der Waals surface area contributed by atoms with Crippen LogP contribution in [-0.2, 0) is 9.59 Å². The summed E-state index contributed by atoms with van der Waals surface area (Å²) in [5.41, 5.74) is 0. The molecule has 0 aromatic heterocycles. The molecule has 5 nitrogen and oxygen atoms in total. The smallest absolute Gasteiger partial charge is 0.351 e. The van der Waals surface area contributed by atoms with E-state index in [1.165, 1.54) is 70.8 Å². The number of carbonyl (C=O) groups is 2. The second-order valence-electron chi connectivity index (χ2n) is 6.79. The van der Waals surface area contributed by atoms with E-state index in [0.717, 1.165) is 4.48 Å². The third kappa shape index (κ3) is 24.0. The molecular weight excluding hydrogens is 282 g/mol. The van der Waals surface area contributed by atoms with E-state index in [1.54, 1.807) is 0 Å². The van der Waals surface area contributed by atoms with Crippen molar-refractivity contribution in [1.82, 2.24) is 0 Å². The fourth-order valence-electron chi connectivity index (χ4n) is 2.07. The number of rotatable bonds is 11. The summed E-state index contributed by atoms with van der Waals surface area (Å²) >= 11 is 0. The van der Waals surface area contributed by atoms with Crippen molar-refractivity contribution in [2.45, 2.75) is 71.1 Å². The highest BCUT2D eigenvalue weighted by Gasteiger charge is 2.04. The average Bonchev–Trinajstić information content (AvgIpc) is 2.40. The van der Waals surface area contributed by atoms with Crippen molar-refractivity contribution in [2.75, 3.05) is 27.7 Å². The summed E-state index contributed by atoms with van der Waals surface area (Å²) in [5.74, 6) is -4.01. The molecule has 0 amide bonds. The van der Waals surface area contributed by atoms with E-state index in [1.807, 2.05) is 0 Å². The summed E-state index contributed by atoms with van der Waals surface area (Å²) in [6.07, 6.45) is 14.4. The molecule has 0 rings (SSSR count). The summed E-state index contributed by atoms with van der Waals surface area (Å²) < 4.78 is 1.12. The van der Waals surface area contributed by atoms with Crippen LogP contribution in [0.4, 0.5) is 0 Å². The van der Waals surface area contributed by atoms with Gasteiger partial charge in [-0.3, -0.25) is 0 Å². The molecule has 0 atom stereocenters. The van der Waals surface area contributed by atoms with Gasteiger partial charge in [-0.25, -0.2) is 4.79 Å². The third-order valence-electron chi connectivity index (χ3n) is 3.36. The highest BCUT2D eigenvalue weighted by molar-refractivity contribution is 6.26. The first-order valence-electron chi connectivity index (χ1n) is 8.45. The molecule has 1 N–H and O–H groups in total. The van der Waals surface area contributed by atoms with Crippen molar-refractivity contribution in [3.05, 3.63) is 0 Å². The van der Waals surface area contributed by atoms with Crippen molar-refractivity contribution in [3.63, 3.8) is 0 Å². The number of carboxylic acids is 2. The lowest BCUT2D eigenvalue weighted by Gasteiger charge is -2.23. The van der Waals surface area contributed by atoms with Crippen LogP contribution in [0.25, 0.3) is 0 Å².